The van der Waals surface area contributed by atoms with Gasteiger partial charge in [0.15, 0.2) is 0 Å². The molecule has 1 aliphatic carbocycles. The molecule has 1 fully saturated rings. The molecule has 0 aromatic heterocycles. The second-order valence-electron chi connectivity index (χ2n) is 5.45. The number of nitrogens with two attached hydrogens (primary N) is 1. The van der Waals surface area contributed by atoms with Crippen LogP contribution in [0, 0.1) is 5.92 Å². The second kappa shape index (κ2) is 8.48. The SMILES string of the molecule is C/C=S(/CCN)c1cccc(OCC2CCCCC2)c1. The smallest absolute Gasteiger partial charge is 0.120 e. The van der Waals surface area contributed by atoms with Crippen LogP contribution in [0.3, 0.4) is 0 Å². The van der Waals surface area contributed by atoms with Crippen LogP contribution in [0.4, 0.5) is 0 Å². The summed E-state index contributed by atoms with van der Waals surface area (Å²) in [6.07, 6.45) is 6.82. The molecule has 1 aromatic carbocycles. The average Bonchev–Trinajstić information content (AvgIpc) is 2.52. The minimum Gasteiger partial charge on any atom is -0.493 e. The van der Waals surface area contributed by atoms with Gasteiger partial charge >= 0.3 is 0 Å². The highest BCUT2D eigenvalue weighted by Gasteiger charge is 2.14. The molecule has 112 valence electrons. The summed E-state index contributed by atoms with van der Waals surface area (Å²) >= 11 is 0. The first kappa shape index (κ1) is 15.6. The molecule has 3 heteroatoms. The number of hydrogen-bond acceptors (Lipinski definition) is 2. The first-order chi connectivity index (χ1) is 9.83. The monoisotopic (exact) mass is 293 g/mol. The van der Waals surface area contributed by atoms with Gasteiger partial charge in [-0.15, -0.1) is 0 Å². The van der Waals surface area contributed by atoms with E-state index >= 15 is 0 Å². The Morgan fingerprint density at radius 2 is 2.10 bits per heavy atom. The number of rotatable bonds is 6. The topological polar surface area (TPSA) is 35.2 Å². The average molecular weight is 293 g/mol. The molecule has 1 unspecified atom stereocenters. The van der Waals surface area contributed by atoms with Crippen molar-refractivity contribution >= 4 is 15.9 Å². The Labute approximate surface area is 125 Å². The highest BCUT2D eigenvalue weighted by atomic mass is 32.2. The lowest BCUT2D eigenvalue weighted by Gasteiger charge is -2.21. The lowest BCUT2D eigenvalue weighted by molar-refractivity contribution is 0.208. The largest absolute Gasteiger partial charge is 0.493 e. The van der Waals surface area contributed by atoms with Gasteiger partial charge in [-0.05, 0) is 43.9 Å². The van der Waals surface area contributed by atoms with Gasteiger partial charge in [-0.1, -0.05) is 30.7 Å². The van der Waals surface area contributed by atoms with Crippen molar-refractivity contribution in [2.45, 2.75) is 43.9 Å². The third kappa shape index (κ3) is 4.64. The Morgan fingerprint density at radius 1 is 1.30 bits per heavy atom. The summed E-state index contributed by atoms with van der Waals surface area (Å²) in [6.45, 7) is 3.74. The van der Waals surface area contributed by atoms with Gasteiger partial charge in [0.1, 0.15) is 5.75 Å². The second-order valence-corrected chi connectivity index (χ2v) is 7.66. The molecule has 0 aliphatic heterocycles. The van der Waals surface area contributed by atoms with Crippen molar-refractivity contribution in [2.24, 2.45) is 11.7 Å². The molecule has 1 aromatic rings. The molecule has 20 heavy (non-hydrogen) atoms. The van der Waals surface area contributed by atoms with Crippen LogP contribution in [-0.4, -0.2) is 24.3 Å². The zero-order valence-corrected chi connectivity index (χ0v) is 13.3. The van der Waals surface area contributed by atoms with Gasteiger partial charge in [0.25, 0.3) is 0 Å². The van der Waals surface area contributed by atoms with Crippen molar-refractivity contribution in [2.75, 3.05) is 18.9 Å². The molecule has 0 heterocycles. The van der Waals surface area contributed by atoms with Crippen LogP contribution in [0.1, 0.15) is 39.0 Å². The fourth-order valence-corrected chi connectivity index (χ4v) is 4.31. The fourth-order valence-electron chi connectivity index (χ4n) is 2.79. The molecule has 0 saturated heterocycles. The van der Waals surface area contributed by atoms with Crippen molar-refractivity contribution in [1.29, 1.82) is 0 Å². The summed E-state index contributed by atoms with van der Waals surface area (Å²) in [6, 6.07) is 8.56. The summed E-state index contributed by atoms with van der Waals surface area (Å²) in [5.41, 5.74) is 5.69. The van der Waals surface area contributed by atoms with Gasteiger partial charge in [0.05, 0.1) is 6.61 Å². The van der Waals surface area contributed by atoms with Gasteiger partial charge < -0.3 is 10.5 Å². The van der Waals surface area contributed by atoms with Crippen LogP contribution in [-0.2, 0) is 0 Å². The third-order valence-electron chi connectivity index (χ3n) is 3.94. The predicted molar refractivity (Wildman–Crippen MR) is 90.0 cm³/mol. The third-order valence-corrected chi connectivity index (χ3v) is 6.04. The highest BCUT2D eigenvalue weighted by Crippen LogP contribution is 2.29. The van der Waals surface area contributed by atoms with E-state index in [-0.39, 0.29) is 10.5 Å². The zero-order chi connectivity index (χ0) is 14.2. The molecule has 0 bridgehead atoms. The number of hydrogen-bond donors (Lipinski definition) is 1. The summed E-state index contributed by atoms with van der Waals surface area (Å²) in [7, 11) is 0.157. The molecule has 0 amide bonds. The first-order valence-electron chi connectivity index (χ1n) is 7.75. The Kier molecular flexibility index (Phi) is 6.61. The molecule has 2 rings (SSSR count). The summed E-state index contributed by atoms with van der Waals surface area (Å²) in [4.78, 5) is 1.35. The highest BCUT2D eigenvalue weighted by molar-refractivity contribution is 8.15. The van der Waals surface area contributed by atoms with Crippen LogP contribution in [0.25, 0.3) is 0 Å². The Hall–Kier alpha value is -0.800. The molecular weight excluding hydrogens is 266 g/mol. The van der Waals surface area contributed by atoms with Crippen molar-refractivity contribution in [3.63, 3.8) is 0 Å². The van der Waals surface area contributed by atoms with Crippen molar-refractivity contribution in [1.82, 2.24) is 0 Å². The quantitative estimate of drug-likeness (QED) is 0.803. The first-order valence-corrected chi connectivity index (χ1v) is 9.21. The molecule has 1 atom stereocenters. The van der Waals surface area contributed by atoms with E-state index in [2.05, 4.69) is 36.6 Å². The Balaban J connectivity index is 1.94. The molecule has 2 nitrogen and oxygen atoms in total. The fraction of sp³-hybridized carbons (Fsp3) is 0.588. The van der Waals surface area contributed by atoms with E-state index in [0.29, 0.717) is 0 Å². The molecule has 1 aliphatic rings. The Morgan fingerprint density at radius 3 is 2.80 bits per heavy atom. The number of ether oxygens (including phenoxy) is 1. The molecule has 0 radical (unpaired) electrons. The lowest BCUT2D eigenvalue weighted by atomic mass is 9.90. The van der Waals surface area contributed by atoms with Crippen LogP contribution in [0.5, 0.6) is 5.75 Å². The minimum atomic E-state index is 0.157. The van der Waals surface area contributed by atoms with Gasteiger partial charge in [-0.2, -0.15) is 10.5 Å². The molecular formula is C17H27NOS. The van der Waals surface area contributed by atoms with Gasteiger partial charge in [0.2, 0.25) is 0 Å². The number of benzene rings is 1. The maximum absolute atomic E-state index is 6.02. The van der Waals surface area contributed by atoms with Gasteiger partial charge in [-0.25, -0.2) is 0 Å². The normalized spacial score (nSPS) is 18.1. The van der Waals surface area contributed by atoms with Crippen LogP contribution in [0.2, 0.25) is 0 Å². The van der Waals surface area contributed by atoms with E-state index in [4.69, 9.17) is 10.5 Å². The zero-order valence-electron chi connectivity index (χ0n) is 12.5. The summed E-state index contributed by atoms with van der Waals surface area (Å²) in [5, 5.41) is 2.26. The maximum atomic E-state index is 6.02. The van der Waals surface area contributed by atoms with E-state index < -0.39 is 0 Å². The van der Waals surface area contributed by atoms with E-state index in [1.54, 1.807) is 0 Å². The minimum absolute atomic E-state index is 0.157. The van der Waals surface area contributed by atoms with E-state index in [1.807, 2.05) is 0 Å². The van der Waals surface area contributed by atoms with Crippen LogP contribution < -0.4 is 10.5 Å². The van der Waals surface area contributed by atoms with Gasteiger partial charge in [0, 0.05) is 17.2 Å². The standard InChI is InChI=1S/C17H27NOS/c1-2-20(12-11-18)17-10-6-9-16(13-17)19-14-15-7-4-3-5-8-15/h2,6,9-10,13,15H,3-5,7-8,11-12,14,18H2,1H3. The lowest BCUT2D eigenvalue weighted by Crippen LogP contribution is -2.15. The van der Waals surface area contributed by atoms with Crippen molar-refractivity contribution in [3.8, 4) is 5.75 Å². The van der Waals surface area contributed by atoms with Gasteiger partial charge in [-0.3, -0.25) is 0 Å². The molecule has 2 N–H and O–H groups in total. The molecule has 1 saturated carbocycles. The Bertz CT molecular complexity index is 438. The summed E-state index contributed by atoms with van der Waals surface area (Å²) in [5.74, 6) is 2.81. The summed E-state index contributed by atoms with van der Waals surface area (Å²) < 4.78 is 6.02. The van der Waals surface area contributed by atoms with Crippen molar-refractivity contribution in [3.05, 3.63) is 24.3 Å². The van der Waals surface area contributed by atoms with E-state index in [0.717, 1.165) is 30.6 Å². The molecule has 0 spiro atoms. The van der Waals surface area contributed by atoms with E-state index in [9.17, 15) is 0 Å². The van der Waals surface area contributed by atoms with E-state index in [1.165, 1.54) is 37.0 Å². The van der Waals surface area contributed by atoms with Crippen molar-refractivity contribution < 1.29 is 4.74 Å². The van der Waals surface area contributed by atoms with Crippen LogP contribution >= 0.6 is 10.5 Å². The maximum Gasteiger partial charge on any atom is 0.120 e. The van der Waals surface area contributed by atoms with Crippen LogP contribution in [0.15, 0.2) is 29.2 Å². The predicted octanol–water partition coefficient (Wildman–Crippen LogP) is 4.05.